The number of aliphatic hydroxyl groups is 2. The summed E-state index contributed by atoms with van der Waals surface area (Å²) in [7, 11) is 1.57. The lowest BCUT2D eigenvalue weighted by molar-refractivity contribution is 0.104. The van der Waals surface area contributed by atoms with Crippen molar-refractivity contribution in [2.24, 2.45) is 0 Å². The molecule has 1 aromatic heterocycles. The van der Waals surface area contributed by atoms with E-state index < -0.39 is 0 Å². The Labute approximate surface area is 163 Å². The normalized spacial score (nSPS) is 11.1. The second-order valence-electron chi connectivity index (χ2n) is 6.50. The minimum atomic E-state index is -0.154. The van der Waals surface area contributed by atoms with Crippen molar-refractivity contribution in [3.8, 4) is 17.0 Å². The summed E-state index contributed by atoms with van der Waals surface area (Å²) in [5.41, 5.74) is 5.04. The third-order valence-electron chi connectivity index (χ3n) is 4.30. The van der Waals surface area contributed by atoms with E-state index in [-0.39, 0.29) is 19.0 Å². The Hall–Kier alpha value is -3.22. The number of aryl methyl sites for hydroxylation is 1. The lowest BCUT2D eigenvalue weighted by Crippen LogP contribution is -1.97. The zero-order valence-electron chi connectivity index (χ0n) is 15.8. The van der Waals surface area contributed by atoms with Crippen LogP contribution in [-0.4, -0.2) is 33.3 Å². The van der Waals surface area contributed by atoms with Gasteiger partial charge in [-0.3, -0.25) is 9.89 Å². The third-order valence-corrected chi connectivity index (χ3v) is 4.30. The molecule has 0 aliphatic rings. The highest BCUT2D eigenvalue weighted by Gasteiger charge is 2.08. The fourth-order valence-corrected chi connectivity index (χ4v) is 2.95. The van der Waals surface area contributed by atoms with Gasteiger partial charge in [0, 0.05) is 11.1 Å². The molecule has 3 rings (SSSR count). The van der Waals surface area contributed by atoms with Crippen LogP contribution in [-0.2, 0) is 13.2 Å². The molecular formula is C22H22N2O4. The van der Waals surface area contributed by atoms with E-state index in [4.69, 9.17) is 4.74 Å². The maximum Gasteiger partial charge on any atom is 0.185 e. The van der Waals surface area contributed by atoms with Crippen LogP contribution in [0.2, 0.25) is 0 Å². The topological polar surface area (TPSA) is 95.4 Å². The molecule has 0 aliphatic heterocycles. The summed E-state index contributed by atoms with van der Waals surface area (Å²) in [4.78, 5) is 12.4. The van der Waals surface area contributed by atoms with Crippen LogP contribution >= 0.6 is 0 Å². The zero-order chi connectivity index (χ0) is 20.1. The number of ether oxygens (including phenoxy) is 1. The lowest BCUT2D eigenvalue weighted by atomic mass is 10.0. The minimum Gasteiger partial charge on any atom is -0.497 e. The van der Waals surface area contributed by atoms with Gasteiger partial charge in [-0.2, -0.15) is 5.10 Å². The zero-order valence-corrected chi connectivity index (χ0v) is 15.8. The summed E-state index contributed by atoms with van der Waals surface area (Å²) < 4.78 is 5.26. The van der Waals surface area contributed by atoms with Crippen LogP contribution in [0, 0.1) is 6.92 Å². The summed E-state index contributed by atoms with van der Waals surface area (Å²) >= 11 is 0. The molecule has 0 bridgehead atoms. The molecule has 0 spiro atoms. The van der Waals surface area contributed by atoms with Gasteiger partial charge >= 0.3 is 0 Å². The molecule has 0 saturated heterocycles. The first kappa shape index (κ1) is 19.5. The van der Waals surface area contributed by atoms with Gasteiger partial charge in [-0.05, 0) is 66.6 Å². The van der Waals surface area contributed by atoms with Crippen molar-refractivity contribution in [1.82, 2.24) is 10.2 Å². The van der Waals surface area contributed by atoms with Crippen molar-refractivity contribution in [1.29, 1.82) is 0 Å². The number of aliphatic hydroxyl groups excluding tert-OH is 2. The summed E-state index contributed by atoms with van der Waals surface area (Å²) in [6.07, 6.45) is 3.13. The molecule has 3 N–H and O–H groups in total. The van der Waals surface area contributed by atoms with Gasteiger partial charge in [-0.15, -0.1) is 0 Å². The molecule has 0 amide bonds. The number of nitrogens with one attached hydrogen (secondary N) is 1. The van der Waals surface area contributed by atoms with Crippen LogP contribution in [0.3, 0.4) is 0 Å². The monoisotopic (exact) mass is 378 g/mol. The van der Waals surface area contributed by atoms with Crippen molar-refractivity contribution in [2.45, 2.75) is 20.1 Å². The second kappa shape index (κ2) is 8.65. The van der Waals surface area contributed by atoms with E-state index in [9.17, 15) is 15.0 Å². The number of aromatic amines is 1. The van der Waals surface area contributed by atoms with E-state index in [0.717, 1.165) is 16.7 Å². The predicted molar refractivity (Wildman–Crippen MR) is 107 cm³/mol. The van der Waals surface area contributed by atoms with Gasteiger partial charge in [-0.1, -0.05) is 11.6 Å². The summed E-state index contributed by atoms with van der Waals surface area (Å²) in [5, 5.41) is 25.9. The average molecular weight is 378 g/mol. The lowest BCUT2D eigenvalue weighted by Gasteiger charge is -2.05. The molecule has 1 heterocycles. The molecule has 3 aromatic rings. The predicted octanol–water partition coefficient (Wildman–Crippen LogP) is 3.27. The summed E-state index contributed by atoms with van der Waals surface area (Å²) in [5.74, 6) is 0.481. The molecule has 0 radical (unpaired) electrons. The first-order valence-electron chi connectivity index (χ1n) is 8.81. The highest BCUT2D eigenvalue weighted by atomic mass is 16.5. The standard InChI is InChI=1S/C22H22N2O4/c1-14-5-15(12-25)8-18(6-14)22(27)4-3-19-11-21(24-23-19)17-7-16(13-26)9-20(10-17)28-2/h3-11,25-26H,12-13H2,1-2H3,(H,23,24)/b4-3+. The Balaban J connectivity index is 1.81. The largest absolute Gasteiger partial charge is 0.497 e. The highest BCUT2D eigenvalue weighted by Crippen LogP contribution is 2.25. The fourth-order valence-electron chi connectivity index (χ4n) is 2.95. The summed E-state index contributed by atoms with van der Waals surface area (Å²) in [6.45, 7) is 1.68. The Morgan fingerprint density at radius 3 is 2.54 bits per heavy atom. The van der Waals surface area contributed by atoms with Gasteiger partial charge in [0.15, 0.2) is 5.78 Å². The number of hydrogen-bond acceptors (Lipinski definition) is 5. The number of ketones is 1. The number of benzene rings is 2. The fraction of sp³-hybridized carbons (Fsp3) is 0.182. The molecule has 0 atom stereocenters. The number of nitrogens with zero attached hydrogens (tertiary/aromatic N) is 1. The molecule has 144 valence electrons. The molecule has 28 heavy (non-hydrogen) atoms. The van der Waals surface area contributed by atoms with Crippen molar-refractivity contribution in [3.05, 3.63) is 76.5 Å². The number of rotatable bonds is 7. The SMILES string of the molecule is COc1cc(CO)cc(-c2cc(/C=C/C(=O)c3cc(C)cc(CO)c3)[nH]n2)c1. The Morgan fingerprint density at radius 2 is 1.82 bits per heavy atom. The number of carbonyl (C=O) groups excluding carboxylic acids is 1. The van der Waals surface area contributed by atoms with Crippen LogP contribution in [0.25, 0.3) is 17.3 Å². The average Bonchev–Trinajstić information content (AvgIpc) is 3.20. The molecule has 2 aromatic carbocycles. The third kappa shape index (κ3) is 4.54. The molecule has 0 saturated carbocycles. The second-order valence-corrected chi connectivity index (χ2v) is 6.50. The first-order valence-corrected chi connectivity index (χ1v) is 8.81. The van der Waals surface area contributed by atoms with Crippen LogP contribution in [0.4, 0.5) is 0 Å². The van der Waals surface area contributed by atoms with Gasteiger partial charge in [0.1, 0.15) is 5.75 Å². The number of carbonyl (C=O) groups is 1. The van der Waals surface area contributed by atoms with E-state index >= 15 is 0 Å². The van der Waals surface area contributed by atoms with Gasteiger partial charge in [0.25, 0.3) is 0 Å². The Morgan fingerprint density at radius 1 is 1.07 bits per heavy atom. The van der Waals surface area contributed by atoms with E-state index in [1.54, 1.807) is 31.4 Å². The quantitative estimate of drug-likeness (QED) is 0.433. The highest BCUT2D eigenvalue weighted by molar-refractivity contribution is 6.07. The number of aromatic nitrogens is 2. The van der Waals surface area contributed by atoms with Crippen molar-refractivity contribution >= 4 is 11.9 Å². The number of hydrogen-bond donors (Lipinski definition) is 3. The number of methoxy groups -OCH3 is 1. The molecule has 6 nitrogen and oxygen atoms in total. The van der Waals surface area contributed by atoms with E-state index in [1.807, 2.05) is 31.2 Å². The van der Waals surface area contributed by atoms with Gasteiger partial charge in [0.2, 0.25) is 0 Å². The molecule has 6 heteroatoms. The van der Waals surface area contributed by atoms with Gasteiger partial charge < -0.3 is 14.9 Å². The van der Waals surface area contributed by atoms with E-state index in [0.29, 0.717) is 28.3 Å². The van der Waals surface area contributed by atoms with Crippen molar-refractivity contribution in [2.75, 3.05) is 7.11 Å². The maximum atomic E-state index is 12.4. The number of allylic oxidation sites excluding steroid dienone is 1. The molecule has 0 aliphatic carbocycles. The van der Waals surface area contributed by atoms with Crippen LogP contribution in [0.15, 0.2) is 48.5 Å². The first-order chi connectivity index (χ1) is 13.5. The van der Waals surface area contributed by atoms with Crippen molar-refractivity contribution in [3.63, 3.8) is 0 Å². The smallest absolute Gasteiger partial charge is 0.185 e. The van der Waals surface area contributed by atoms with Gasteiger partial charge in [-0.25, -0.2) is 0 Å². The van der Waals surface area contributed by atoms with Crippen LogP contribution in [0.1, 0.15) is 32.7 Å². The van der Waals surface area contributed by atoms with Crippen LogP contribution < -0.4 is 4.74 Å². The minimum absolute atomic E-state index is 0.0950. The van der Waals surface area contributed by atoms with Crippen LogP contribution in [0.5, 0.6) is 5.75 Å². The molecule has 0 fully saturated rings. The van der Waals surface area contributed by atoms with E-state index in [1.165, 1.54) is 6.08 Å². The number of H-pyrrole nitrogens is 1. The van der Waals surface area contributed by atoms with Crippen molar-refractivity contribution < 1.29 is 19.7 Å². The maximum absolute atomic E-state index is 12.4. The molecular weight excluding hydrogens is 356 g/mol. The summed E-state index contributed by atoms with van der Waals surface area (Å²) in [6, 6.07) is 12.6. The Bertz CT molecular complexity index is 999. The molecule has 0 unspecified atom stereocenters. The van der Waals surface area contributed by atoms with E-state index in [2.05, 4.69) is 10.2 Å². The Kier molecular flexibility index (Phi) is 6.03. The van der Waals surface area contributed by atoms with Gasteiger partial charge in [0.05, 0.1) is 31.7 Å².